The number of carbonyl (C=O) groups is 2. The van der Waals surface area contributed by atoms with Crippen molar-refractivity contribution >= 4 is 11.9 Å². The van der Waals surface area contributed by atoms with Gasteiger partial charge in [-0.2, -0.15) is 0 Å². The van der Waals surface area contributed by atoms with Gasteiger partial charge in [0.1, 0.15) is 5.82 Å². The maximum Gasteiger partial charge on any atom is 0.335 e. The van der Waals surface area contributed by atoms with Crippen molar-refractivity contribution in [2.75, 3.05) is 13.1 Å². The summed E-state index contributed by atoms with van der Waals surface area (Å²) in [7, 11) is 0. The summed E-state index contributed by atoms with van der Waals surface area (Å²) in [5.41, 5.74) is -1.03. The van der Waals surface area contributed by atoms with E-state index < -0.39 is 11.6 Å². The van der Waals surface area contributed by atoms with Crippen molar-refractivity contribution < 1.29 is 24.2 Å². The molecule has 0 radical (unpaired) electrons. The fourth-order valence-corrected chi connectivity index (χ4v) is 2.23. The highest BCUT2D eigenvalue weighted by Gasteiger charge is 2.40. The van der Waals surface area contributed by atoms with Gasteiger partial charge >= 0.3 is 5.97 Å². The third-order valence-corrected chi connectivity index (χ3v) is 3.61. The van der Waals surface area contributed by atoms with Crippen molar-refractivity contribution in [2.45, 2.75) is 24.9 Å². The Morgan fingerprint density at radius 2 is 1.75 bits per heavy atom. The predicted octanol–water partition coefficient (Wildman–Crippen LogP) is 0.806. The molecule has 1 heterocycles. The largest absolute Gasteiger partial charge is 0.479 e. The molecule has 0 unspecified atom stereocenters. The number of piperidine rings is 1. The lowest BCUT2D eigenvalue weighted by Gasteiger charge is -2.35. The molecule has 2 rings (SSSR count). The number of halogens is 1. The second kappa shape index (κ2) is 5.58. The summed E-state index contributed by atoms with van der Waals surface area (Å²) in [6.45, 7) is 0.422. The molecule has 0 aromatic heterocycles. The molecule has 1 aromatic rings. The van der Waals surface area contributed by atoms with Crippen LogP contribution in [0.1, 0.15) is 18.4 Å². The summed E-state index contributed by atoms with van der Waals surface area (Å²) in [5, 5.41) is 18.7. The van der Waals surface area contributed by atoms with Crippen molar-refractivity contribution in [2.24, 2.45) is 0 Å². The van der Waals surface area contributed by atoms with Crippen LogP contribution in [0.4, 0.5) is 4.39 Å². The van der Waals surface area contributed by atoms with Gasteiger partial charge in [0, 0.05) is 25.9 Å². The summed E-state index contributed by atoms with van der Waals surface area (Å²) in [5.74, 6) is -1.75. The zero-order valence-corrected chi connectivity index (χ0v) is 10.9. The molecule has 1 aliphatic rings. The van der Waals surface area contributed by atoms with Crippen LogP contribution in [0.2, 0.25) is 0 Å². The molecule has 1 fully saturated rings. The molecular formula is C14H16FNO4. The number of rotatable bonds is 3. The second-order valence-corrected chi connectivity index (χ2v) is 5.02. The topological polar surface area (TPSA) is 77.8 Å². The molecule has 0 aliphatic carbocycles. The normalized spacial score (nSPS) is 17.8. The van der Waals surface area contributed by atoms with Crippen molar-refractivity contribution in [3.05, 3.63) is 35.6 Å². The molecule has 0 spiro atoms. The Balaban J connectivity index is 1.92. The predicted molar refractivity (Wildman–Crippen MR) is 68.5 cm³/mol. The molecule has 6 heteroatoms. The van der Waals surface area contributed by atoms with Crippen LogP contribution in [0, 0.1) is 5.82 Å². The van der Waals surface area contributed by atoms with E-state index in [1.54, 1.807) is 12.1 Å². The summed E-state index contributed by atoms with van der Waals surface area (Å²) in [6, 6.07) is 5.68. The van der Waals surface area contributed by atoms with Gasteiger partial charge in [0.25, 0.3) is 0 Å². The van der Waals surface area contributed by atoms with Crippen LogP contribution in [0.25, 0.3) is 0 Å². The number of aliphatic carboxylic acids is 1. The van der Waals surface area contributed by atoms with Crippen LogP contribution in [-0.2, 0) is 16.0 Å². The van der Waals surface area contributed by atoms with Gasteiger partial charge < -0.3 is 15.1 Å². The molecular weight excluding hydrogens is 265 g/mol. The average Bonchev–Trinajstić information content (AvgIpc) is 2.42. The van der Waals surface area contributed by atoms with Crippen LogP contribution >= 0.6 is 0 Å². The lowest BCUT2D eigenvalue weighted by atomic mass is 9.91. The van der Waals surface area contributed by atoms with E-state index in [4.69, 9.17) is 5.11 Å². The van der Waals surface area contributed by atoms with Gasteiger partial charge in [0.15, 0.2) is 5.60 Å². The number of hydrogen-bond acceptors (Lipinski definition) is 3. The minimum atomic E-state index is -1.73. The number of carboxylic acid groups (broad SMARTS) is 1. The summed E-state index contributed by atoms with van der Waals surface area (Å²) >= 11 is 0. The minimum absolute atomic E-state index is 0.0253. The van der Waals surface area contributed by atoms with Gasteiger partial charge in [-0.05, 0) is 17.7 Å². The molecule has 0 bridgehead atoms. The van der Waals surface area contributed by atoms with Crippen molar-refractivity contribution in [1.82, 2.24) is 4.90 Å². The van der Waals surface area contributed by atoms with Gasteiger partial charge in [0.05, 0.1) is 6.42 Å². The molecule has 5 nitrogen and oxygen atoms in total. The fourth-order valence-electron chi connectivity index (χ4n) is 2.23. The third kappa shape index (κ3) is 3.14. The molecule has 20 heavy (non-hydrogen) atoms. The Morgan fingerprint density at radius 1 is 1.20 bits per heavy atom. The monoisotopic (exact) mass is 281 g/mol. The van der Waals surface area contributed by atoms with E-state index >= 15 is 0 Å². The first-order chi connectivity index (χ1) is 9.40. The first kappa shape index (κ1) is 14.5. The maximum atomic E-state index is 12.8. The Hall–Kier alpha value is -1.95. The number of benzene rings is 1. The Labute approximate surface area is 115 Å². The summed E-state index contributed by atoms with van der Waals surface area (Å²) in [6.07, 6.45) is 0.195. The molecule has 108 valence electrons. The van der Waals surface area contributed by atoms with Crippen molar-refractivity contribution in [3.8, 4) is 0 Å². The number of hydrogen-bond donors (Lipinski definition) is 2. The summed E-state index contributed by atoms with van der Waals surface area (Å²) < 4.78 is 12.8. The Kier molecular flexibility index (Phi) is 4.04. The number of nitrogens with zero attached hydrogens (tertiary/aromatic N) is 1. The van der Waals surface area contributed by atoms with Gasteiger partial charge in [-0.25, -0.2) is 9.18 Å². The first-order valence-electron chi connectivity index (χ1n) is 6.39. The van der Waals surface area contributed by atoms with Gasteiger partial charge in [0.2, 0.25) is 5.91 Å². The first-order valence-corrected chi connectivity index (χ1v) is 6.39. The van der Waals surface area contributed by atoms with Crippen LogP contribution in [0.5, 0.6) is 0 Å². The molecule has 0 saturated carbocycles. The number of likely N-dealkylation sites (tertiary alicyclic amines) is 1. The average molecular weight is 281 g/mol. The van der Waals surface area contributed by atoms with E-state index in [1.165, 1.54) is 17.0 Å². The fraction of sp³-hybridized carbons (Fsp3) is 0.429. The molecule has 1 aromatic carbocycles. The SMILES string of the molecule is O=C(Cc1ccc(F)cc1)N1CCC(O)(C(=O)O)CC1. The molecule has 1 saturated heterocycles. The molecule has 1 aliphatic heterocycles. The van der Waals surface area contributed by atoms with E-state index in [-0.39, 0.29) is 44.1 Å². The quantitative estimate of drug-likeness (QED) is 0.859. The zero-order chi connectivity index (χ0) is 14.8. The number of amides is 1. The Bertz CT molecular complexity index is 506. The van der Waals surface area contributed by atoms with Gasteiger partial charge in [-0.15, -0.1) is 0 Å². The molecule has 0 atom stereocenters. The molecule has 1 amide bonds. The number of carbonyl (C=O) groups excluding carboxylic acids is 1. The minimum Gasteiger partial charge on any atom is -0.479 e. The molecule has 2 N–H and O–H groups in total. The van der Waals surface area contributed by atoms with E-state index in [0.717, 1.165) is 0 Å². The van der Waals surface area contributed by atoms with E-state index in [9.17, 15) is 19.1 Å². The third-order valence-electron chi connectivity index (χ3n) is 3.61. The lowest BCUT2D eigenvalue weighted by Crippen LogP contribution is -2.51. The van der Waals surface area contributed by atoms with Crippen molar-refractivity contribution in [3.63, 3.8) is 0 Å². The van der Waals surface area contributed by atoms with Gasteiger partial charge in [-0.1, -0.05) is 12.1 Å². The van der Waals surface area contributed by atoms with Crippen LogP contribution in [-0.4, -0.2) is 45.7 Å². The van der Waals surface area contributed by atoms with Crippen molar-refractivity contribution in [1.29, 1.82) is 0 Å². The zero-order valence-electron chi connectivity index (χ0n) is 10.9. The number of aliphatic hydroxyl groups is 1. The van der Waals surface area contributed by atoms with E-state index in [2.05, 4.69) is 0 Å². The van der Waals surface area contributed by atoms with Crippen LogP contribution < -0.4 is 0 Å². The number of carboxylic acids is 1. The summed E-state index contributed by atoms with van der Waals surface area (Å²) in [4.78, 5) is 24.5. The van der Waals surface area contributed by atoms with Crippen LogP contribution in [0.15, 0.2) is 24.3 Å². The van der Waals surface area contributed by atoms with E-state index in [0.29, 0.717) is 5.56 Å². The van der Waals surface area contributed by atoms with Crippen LogP contribution in [0.3, 0.4) is 0 Å². The highest BCUT2D eigenvalue weighted by Crippen LogP contribution is 2.23. The highest BCUT2D eigenvalue weighted by atomic mass is 19.1. The Morgan fingerprint density at radius 3 is 2.25 bits per heavy atom. The smallest absolute Gasteiger partial charge is 0.335 e. The van der Waals surface area contributed by atoms with Gasteiger partial charge in [-0.3, -0.25) is 4.79 Å². The standard InChI is InChI=1S/C14H16FNO4/c15-11-3-1-10(2-4-11)9-12(17)16-7-5-14(20,6-8-16)13(18)19/h1-4,20H,5-9H2,(H,18,19). The second-order valence-electron chi connectivity index (χ2n) is 5.02. The lowest BCUT2D eigenvalue weighted by molar-refractivity contribution is -0.165. The maximum absolute atomic E-state index is 12.8. The van der Waals surface area contributed by atoms with E-state index in [1.807, 2.05) is 0 Å². The highest BCUT2D eigenvalue weighted by molar-refractivity contribution is 5.80.